The third-order valence-electron chi connectivity index (χ3n) is 26.8. The summed E-state index contributed by atoms with van der Waals surface area (Å²) in [5.74, 6) is 3.96. The normalized spacial score (nSPS) is 14.1. The molecule has 0 saturated carbocycles. The van der Waals surface area contributed by atoms with Crippen LogP contribution in [0.1, 0.15) is 99.9 Å². The van der Waals surface area contributed by atoms with Gasteiger partial charge in [0.2, 0.25) is 0 Å². The van der Waals surface area contributed by atoms with E-state index in [4.69, 9.17) is 17.7 Å². The quantitative estimate of drug-likeness (QED) is 0.107. The molecule has 8 nitrogen and oxygen atoms in total. The van der Waals surface area contributed by atoms with Crippen LogP contribution in [0.3, 0.4) is 0 Å². The van der Waals surface area contributed by atoms with Crippen molar-refractivity contribution in [3.8, 4) is 67.5 Å². The standard InChI is InChI=1S/2C58H44N2O2/c2*1-57(2)48-34-40(59(38-20-10-6-11-21-38)39-22-12-7-13-23-39)29-32-46(48)55-53(57)54-56(62-55)47-33-30-41(35-49(47)58(54,3)4)60(50-26-16-14-24-43(50)37-18-8-5-9-19-37)42-28-31-45-44-25-15-17-27-51(44)61-52(45)36-42/h2*5-36H,1-4H3. The molecule has 4 heterocycles. The number of para-hydroxylation sites is 8. The lowest BCUT2D eigenvalue weighted by molar-refractivity contribution is 0.592. The number of hydrogen-bond acceptors (Lipinski definition) is 8. The summed E-state index contributed by atoms with van der Waals surface area (Å²) < 4.78 is 27.3. The SMILES string of the molecule is CC1(C)c2cc(N(c3ccccc3)c3ccccc3)ccc2-c2oc3c(c21)C(C)(C)c1cc(N(c2ccc4c(c2)oc2ccccc24)c2ccccc2-c2ccccc2)ccc1-3.CC1(C)c2cc(N(c3ccccc3)c3ccccc3)ccc2-c2oc3c(c21)C(C)(C)c1cc(N(c2ccc4c(c2)oc2ccccc24)c2ccccc2-c2ccccc2)ccc1-3. The largest absolute Gasteiger partial charge is 0.456 e. The Hall–Kier alpha value is -15.1. The van der Waals surface area contributed by atoms with Gasteiger partial charge >= 0.3 is 0 Å². The van der Waals surface area contributed by atoms with E-state index >= 15 is 0 Å². The highest BCUT2D eigenvalue weighted by atomic mass is 16.4. The molecule has 4 aromatic heterocycles. The number of benzene rings is 16. The molecule has 596 valence electrons. The van der Waals surface area contributed by atoms with Gasteiger partial charge in [0.05, 0.1) is 11.4 Å². The Labute approximate surface area is 722 Å². The zero-order chi connectivity index (χ0) is 83.5. The zero-order valence-corrected chi connectivity index (χ0v) is 70.4. The maximum absolute atomic E-state index is 7.15. The molecule has 0 fully saturated rings. The zero-order valence-electron chi connectivity index (χ0n) is 70.4. The molecule has 0 amide bonds. The summed E-state index contributed by atoms with van der Waals surface area (Å²) in [5.41, 5.74) is 34.8. The molecule has 0 spiro atoms. The third kappa shape index (κ3) is 11.5. The second kappa shape index (κ2) is 28.2. The van der Waals surface area contributed by atoms with E-state index in [1.54, 1.807) is 0 Å². The summed E-state index contributed by atoms with van der Waals surface area (Å²) in [4.78, 5) is 9.47. The number of fused-ring (bicyclic) bond motifs is 20. The lowest BCUT2D eigenvalue weighted by Gasteiger charge is -2.31. The molecule has 0 unspecified atom stereocenters. The molecule has 8 heteroatoms. The van der Waals surface area contributed by atoms with Crippen LogP contribution in [-0.4, -0.2) is 0 Å². The Morgan fingerprint density at radius 1 is 0.177 bits per heavy atom. The van der Waals surface area contributed by atoms with E-state index in [1.165, 1.54) is 55.6 Å². The number of nitrogens with zero attached hydrogens (tertiary/aromatic N) is 4. The monoisotopic (exact) mass is 1600 g/mol. The van der Waals surface area contributed by atoms with E-state index in [0.29, 0.717) is 0 Å². The molecule has 20 aromatic rings. The van der Waals surface area contributed by atoms with Crippen LogP contribution >= 0.6 is 0 Å². The number of furan rings is 4. The highest BCUT2D eigenvalue weighted by molar-refractivity contribution is 6.08. The van der Waals surface area contributed by atoms with Crippen LogP contribution in [0.4, 0.5) is 68.2 Å². The lowest BCUT2D eigenvalue weighted by Crippen LogP contribution is -2.23. The van der Waals surface area contributed by atoms with E-state index in [0.717, 1.165) is 169 Å². The van der Waals surface area contributed by atoms with E-state index in [9.17, 15) is 0 Å². The van der Waals surface area contributed by atoms with Crippen molar-refractivity contribution in [3.05, 3.63) is 433 Å². The summed E-state index contributed by atoms with van der Waals surface area (Å²) >= 11 is 0. The molecule has 0 radical (unpaired) electrons. The average Bonchev–Trinajstić information content (AvgIpc) is 1.52. The fourth-order valence-electron chi connectivity index (χ4n) is 20.9. The Balaban J connectivity index is 0.000000143. The van der Waals surface area contributed by atoms with Crippen molar-refractivity contribution in [2.24, 2.45) is 0 Å². The van der Waals surface area contributed by atoms with Crippen LogP contribution in [0, 0.1) is 0 Å². The third-order valence-corrected chi connectivity index (χ3v) is 26.8. The molecule has 4 aliphatic rings. The van der Waals surface area contributed by atoms with Crippen LogP contribution in [0.5, 0.6) is 0 Å². The van der Waals surface area contributed by atoms with Crippen molar-refractivity contribution in [1.82, 2.24) is 0 Å². The van der Waals surface area contributed by atoms with Gasteiger partial charge in [0.1, 0.15) is 45.4 Å². The van der Waals surface area contributed by atoms with E-state index < -0.39 is 0 Å². The minimum absolute atomic E-state index is 0.304. The first-order chi connectivity index (χ1) is 60.5. The predicted octanol–water partition coefficient (Wildman–Crippen LogP) is 32.8. The van der Waals surface area contributed by atoms with Crippen molar-refractivity contribution in [2.75, 3.05) is 19.6 Å². The fourth-order valence-corrected chi connectivity index (χ4v) is 20.9. The van der Waals surface area contributed by atoms with Gasteiger partial charge in [0.15, 0.2) is 0 Å². The average molecular weight is 1600 g/mol. The minimum atomic E-state index is -0.340. The number of anilines is 12. The van der Waals surface area contributed by atoms with Crippen molar-refractivity contribution < 1.29 is 17.7 Å². The van der Waals surface area contributed by atoms with Gasteiger partial charge in [-0.05, 0) is 203 Å². The number of rotatable bonds is 14. The highest BCUT2D eigenvalue weighted by Crippen LogP contribution is 2.65. The second-order valence-electron chi connectivity index (χ2n) is 35.4. The molecule has 0 N–H and O–H groups in total. The molecular formula is C116H88N4O4. The highest BCUT2D eigenvalue weighted by Gasteiger charge is 2.52. The van der Waals surface area contributed by atoms with Crippen LogP contribution in [0.25, 0.3) is 111 Å². The molecule has 0 atom stereocenters. The van der Waals surface area contributed by atoms with Gasteiger partial charge in [0, 0.05) is 168 Å². The molecule has 24 rings (SSSR count). The van der Waals surface area contributed by atoms with Crippen molar-refractivity contribution in [1.29, 1.82) is 0 Å². The first-order valence-electron chi connectivity index (χ1n) is 43.0. The summed E-state index contributed by atoms with van der Waals surface area (Å²) in [7, 11) is 0. The Morgan fingerprint density at radius 3 is 0.734 bits per heavy atom. The summed E-state index contributed by atoms with van der Waals surface area (Å²) in [5, 5.41) is 4.46. The number of hydrogen-bond donors (Lipinski definition) is 0. The van der Waals surface area contributed by atoms with Gasteiger partial charge in [-0.15, -0.1) is 0 Å². The smallest absolute Gasteiger partial charge is 0.139 e. The van der Waals surface area contributed by atoms with Crippen LogP contribution < -0.4 is 19.6 Å². The first-order valence-corrected chi connectivity index (χ1v) is 43.0. The van der Waals surface area contributed by atoms with E-state index in [2.05, 4.69) is 439 Å². The van der Waals surface area contributed by atoms with Gasteiger partial charge in [-0.1, -0.05) is 262 Å². The Morgan fingerprint density at radius 2 is 0.419 bits per heavy atom. The van der Waals surface area contributed by atoms with E-state index in [-0.39, 0.29) is 21.7 Å². The Bertz CT molecular complexity index is 7090. The fraction of sp³-hybridized carbons (Fsp3) is 0.103. The molecule has 124 heavy (non-hydrogen) atoms. The topological polar surface area (TPSA) is 65.5 Å². The molecule has 0 saturated heterocycles. The molecule has 0 aliphatic heterocycles. The van der Waals surface area contributed by atoms with Crippen molar-refractivity contribution in [3.63, 3.8) is 0 Å². The van der Waals surface area contributed by atoms with Crippen LogP contribution in [0.2, 0.25) is 0 Å². The van der Waals surface area contributed by atoms with Crippen LogP contribution in [0.15, 0.2) is 406 Å². The van der Waals surface area contributed by atoms with Crippen molar-refractivity contribution in [2.45, 2.75) is 77.0 Å². The summed E-state index contributed by atoms with van der Waals surface area (Å²) in [6.07, 6.45) is 0. The predicted molar refractivity (Wildman–Crippen MR) is 512 cm³/mol. The summed E-state index contributed by atoms with van der Waals surface area (Å²) in [6, 6.07) is 139. The van der Waals surface area contributed by atoms with Crippen molar-refractivity contribution >= 4 is 112 Å². The van der Waals surface area contributed by atoms with Gasteiger partial charge in [-0.2, -0.15) is 0 Å². The van der Waals surface area contributed by atoms with E-state index in [1.807, 2.05) is 24.3 Å². The molecule has 0 bridgehead atoms. The van der Waals surface area contributed by atoms with Gasteiger partial charge < -0.3 is 37.3 Å². The first kappa shape index (κ1) is 74.0. The second-order valence-corrected chi connectivity index (χ2v) is 35.4. The van der Waals surface area contributed by atoms with Gasteiger partial charge in [-0.25, -0.2) is 0 Å². The Kier molecular flexibility index (Phi) is 16.9. The molecular weight excluding hydrogens is 1510 g/mol. The van der Waals surface area contributed by atoms with Gasteiger partial charge in [0.25, 0.3) is 0 Å². The van der Waals surface area contributed by atoms with Gasteiger partial charge in [-0.3, -0.25) is 0 Å². The summed E-state index contributed by atoms with van der Waals surface area (Å²) in [6.45, 7) is 19.0. The molecule has 4 aliphatic carbocycles. The minimum Gasteiger partial charge on any atom is -0.456 e. The molecule has 16 aromatic carbocycles. The maximum atomic E-state index is 7.15. The maximum Gasteiger partial charge on any atom is 0.139 e. The van der Waals surface area contributed by atoms with Crippen LogP contribution in [-0.2, 0) is 21.7 Å². The lowest BCUT2D eigenvalue weighted by atomic mass is 9.74.